The maximum Gasteiger partial charge on any atom is 0.409 e. The fourth-order valence-corrected chi connectivity index (χ4v) is 3.56. The molecule has 1 aliphatic heterocycles. The number of carbonyl (C=O) groups excluding carboxylic acids is 2. The molecule has 1 aromatic heterocycles. The number of nitrogens with one attached hydrogen (secondary N) is 2. The summed E-state index contributed by atoms with van der Waals surface area (Å²) in [5.41, 5.74) is 1.58. The maximum absolute atomic E-state index is 14.2. The van der Waals surface area contributed by atoms with Crippen molar-refractivity contribution < 1.29 is 23.5 Å². The number of nitrogens with zero attached hydrogens (tertiary/aromatic N) is 3. The number of rotatable bonds is 6. The van der Waals surface area contributed by atoms with Crippen molar-refractivity contribution in [2.45, 2.75) is 12.6 Å². The predicted octanol–water partition coefficient (Wildman–Crippen LogP) is 2.76. The summed E-state index contributed by atoms with van der Waals surface area (Å²) in [4.78, 5) is 31.8. The summed E-state index contributed by atoms with van der Waals surface area (Å²) < 4.78 is 24.3. The van der Waals surface area contributed by atoms with Crippen LogP contribution < -0.4 is 10.6 Å². The molecule has 166 valence electrons. The fraction of sp³-hybridized carbons (Fsp3) is 0.381. The molecule has 31 heavy (non-hydrogen) atoms. The van der Waals surface area contributed by atoms with Crippen molar-refractivity contribution in [3.8, 4) is 0 Å². The first kappa shape index (κ1) is 22.4. The van der Waals surface area contributed by atoms with Crippen molar-refractivity contribution in [3.63, 3.8) is 0 Å². The van der Waals surface area contributed by atoms with Crippen molar-refractivity contribution in [2.24, 2.45) is 0 Å². The zero-order chi connectivity index (χ0) is 22.2. The van der Waals surface area contributed by atoms with E-state index in [4.69, 9.17) is 9.47 Å². The van der Waals surface area contributed by atoms with E-state index in [0.29, 0.717) is 49.7 Å². The highest BCUT2D eigenvalue weighted by Crippen LogP contribution is 2.19. The number of carbonyl (C=O) groups is 2. The lowest BCUT2D eigenvalue weighted by Crippen LogP contribution is -2.56. The Kier molecular flexibility index (Phi) is 7.74. The van der Waals surface area contributed by atoms with Gasteiger partial charge in [-0.25, -0.2) is 14.0 Å². The van der Waals surface area contributed by atoms with Gasteiger partial charge in [-0.1, -0.05) is 0 Å². The lowest BCUT2D eigenvalue weighted by molar-refractivity contribution is 0.0205. The summed E-state index contributed by atoms with van der Waals surface area (Å²) in [5.74, 6) is -0.448. The number of amides is 3. The molecule has 0 radical (unpaired) electrons. The van der Waals surface area contributed by atoms with E-state index < -0.39 is 17.9 Å². The minimum Gasteiger partial charge on any atom is -0.453 e. The fourth-order valence-electron chi connectivity index (χ4n) is 3.56. The van der Waals surface area contributed by atoms with Gasteiger partial charge in [0.25, 0.3) is 0 Å². The largest absolute Gasteiger partial charge is 0.453 e. The Morgan fingerprint density at radius 3 is 2.71 bits per heavy atom. The summed E-state index contributed by atoms with van der Waals surface area (Å²) in [7, 11) is 2.93. The summed E-state index contributed by atoms with van der Waals surface area (Å²) in [6.45, 7) is 2.48. The minimum atomic E-state index is -0.489. The van der Waals surface area contributed by atoms with Crippen LogP contribution in [-0.2, 0) is 16.0 Å². The van der Waals surface area contributed by atoms with Crippen LogP contribution in [0.5, 0.6) is 0 Å². The Labute approximate surface area is 180 Å². The van der Waals surface area contributed by atoms with E-state index in [0.717, 1.165) is 0 Å². The molecule has 1 aliphatic rings. The smallest absolute Gasteiger partial charge is 0.409 e. The van der Waals surface area contributed by atoms with Gasteiger partial charge in [-0.3, -0.25) is 9.88 Å². The molecule has 0 saturated carbocycles. The second-order valence-corrected chi connectivity index (χ2v) is 7.18. The van der Waals surface area contributed by atoms with E-state index in [1.54, 1.807) is 36.4 Å². The molecule has 2 N–H and O–H groups in total. The van der Waals surface area contributed by atoms with E-state index in [2.05, 4.69) is 20.5 Å². The quantitative estimate of drug-likeness (QED) is 0.730. The zero-order valence-electron chi connectivity index (χ0n) is 17.5. The number of aromatic nitrogens is 1. The maximum atomic E-state index is 14.2. The molecule has 0 unspecified atom stereocenters. The third kappa shape index (κ3) is 6.37. The molecular weight excluding hydrogens is 405 g/mol. The van der Waals surface area contributed by atoms with Gasteiger partial charge in [0.2, 0.25) is 0 Å². The number of ether oxygens (including phenoxy) is 2. The summed E-state index contributed by atoms with van der Waals surface area (Å²) in [6.07, 6.45) is 2.73. The van der Waals surface area contributed by atoms with Crippen LogP contribution in [0.15, 0.2) is 42.7 Å². The number of hydrogen-bond donors (Lipinski definition) is 2. The van der Waals surface area contributed by atoms with Crippen LogP contribution in [-0.4, -0.2) is 73.4 Å². The van der Waals surface area contributed by atoms with E-state index in [-0.39, 0.29) is 6.04 Å². The Bertz CT molecular complexity index is 899. The third-order valence-corrected chi connectivity index (χ3v) is 4.88. The number of pyridine rings is 1. The molecule has 2 heterocycles. The first-order valence-electron chi connectivity index (χ1n) is 9.82. The van der Waals surface area contributed by atoms with Crippen molar-refractivity contribution in [2.75, 3.05) is 51.1 Å². The van der Waals surface area contributed by atoms with Crippen LogP contribution in [0.25, 0.3) is 0 Å². The minimum absolute atomic E-state index is 0.164. The van der Waals surface area contributed by atoms with Crippen molar-refractivity contribution in [1.82, 2.24) is 14.8 Å². The molecule has 1 saturated heterocycles. The van der Waals surface area contributed by atoms with Gasteiger partial charge in [-0.2, -0.15) is 0 Å². The highest BCUT2D eigenvalue weighted by molar-refractivity contribution is 5.99. The van der Waals surface area contributed by atoms with E-state index in [1.165, 1.54) is 25.4 Å². The lowest BCUT2D eigenvalue weighted by atomic mass is 10.1. The number of halogens is 1. The highest BCUT2D eigenvalue weighted by Gasteiger charge is 2.31. The molecule has 1 aromatic carbocycles. The summed E-state index contributed by atoms with van der Waals surface area (Å²) >= 11 is 0. The van der Waals surface area contributed by atoms with Crippen LogP contribution in [0.3, 0.4) is 0 Å². The topological polar surface area (TPSA) is 96.0 Å². The molecule has 0 aliphatic carbocycles. The molecule has 1 fully saturated rings. The van der Waals surface area contributed by atoms with Crippen molar-refractivity contribution in [1.29, 1.82) is 0 Å². The van der Waals surface area contributed by atoms with Crippen molar-refractivity contribution in [3.05, 3.63) is 54.1 Å². The zero-order valence-corrected chi connectivity index (χ0v) is 17.5. The number of piperazine rings is 1. The molecule has 2 aromatic rings. The average Bonchev–Trinajstić information content (AvgIpc) is 2.74. The Morgan fingerprint density at radius 1 is 1.19 bits per heavy atom. The molecule has 0 spiro atoms. The number of benzene rings is 1. The highest BCUT2D eigenvalue weighted by atomic mass is 19.1. The molecule has 0 bridgehead atoms. The van der Waals surface area contributed by atoms with E-state index in [1.807, 2.05) is 0 Å². The molecule has 9 nitrogen and oxygen atoms in total. The molecule has 3 amide bonds. The second-order valence-electron chi connectivity index (χ2n) is 7.18. The standard InChI is InChI=1S/C21H26FN5O4/c1-30-14-19-13-26(6-7-27(19)21(29)31-2)12-15-8-16(22)10-18(9-15)25-20(28)24-17-4-3-5-23-11-17/h3-5,8-11,19H,6-7,12-14H2,1-2H3,(H2,24,25,28)/t19-/m0/s1. The summed E-state index contributed by atoms with van der Waals surface area (Å²) in [5, 5.41) is 5.28. The number of urea groups is 1. The Morgan fingerprint density at radius 2 is 2.00 bits per heavy atom. The second kappa shape index (κ2) is 10.7. The van der Waals surface area contributed by atoms with Crippen LogP contribution in [0.4, 0.5) is 25.4 Å². The molecular formula is C21H26FN5O4. The molecule has 1 atom stereocenters. The van der Waals surface area contributed by atoms with Gasteiger partial charge >= 0.3 is 12.1 Å². The van der Waals surface area contributed by atoms with Crippen molar-refractivity contribution >= 4 is 23.5 Å². The first-order chi connectivity index (χ1) is 15.0. The van der Waals surface area contributed by atoms with E-state index in [9.17, 15) is 14.0 Å². The van der Waals surface area contributed by atoms with Crippen LogP contribution in [0, 0.1) is 5.82 Å². The van der Waals surface area contributed by atoms with Crippen LogP contribution in [0.1, 0.15) is 5.56 Å². The van der Waals surface area contributed by atoms with E-state index >= 15 is 0 Å². The van der Waals surface area contributed by atoms with Gasteiger partial charge in [0.05, 0.1) is 31.6 Å². The number of anilines is 2. The molecule has 10 heteroatoms. The van der Waals surface area contributed by atoms with Gasteiger partial charge < -0.3 is 25.0 Å². The average molecular weight is 431 g/mol. The number of methoxy groups -OCH3 is 2. The Hall–Kier alpha value is -3.24. The van der Waals surface area contributed by atoms with Crippen LogP contribution >= 0.6 is 0 Å². The summed E-state index contributed by atoms with van der Waals surface area (Å²) in [6, 6.07) is 7.17. The third-order valence-electron chi connectivity index (χ3n) is 4.88. The monoisotopic (exact) mass is 431 g/mol. The number of hydrogen-bond acceptors (Lipinski definition) is 6. The Balaban J connectivity index is 1.63. The van der Waals surface area contributed by atoms with Gasteiger partial charge in [0.1, 0.15) is 5.82 Å². The molecule has 3 rings (SSSR count). The van der Waals surface area contributed by atoms with Gasteiger partial charge in [0.15, 0.2) is 0 Å². The van der Waals surface area contributed by atoms with Crippen LogP contribution in [0.2, 0.25) is 0 Å². The normalized spacial score (nSPS) is 16.6. The predicted molar refractivity (Wildman–Crippen MR) is 113 cm³/mol. The van der Waals surface area contributed by atoms with Gasteiger partial charge in [-0.15, -0.1) is 0 Å². The van der Waals surface area contributed by atoms with Gasteiger partial charge in [-0.05, 0) is 35.9 Å². The lowest BCUT2D eigenvalue weighted by Gasteiger charge is -2.40. The van der Waals surface area contributed by atoms with Gasteiger partial charge in [0, 0.05) is 45.2 Å². The SMILES string of the molecule is COC[C@@H]1CN(Cc2cc(F)cc(NC(=O)Nc3cccnc3)c2)CCN1C(=O)OC. The first-order valence-corrected chi connectivity index (χ1v) is 9.82.